The zero-order valence-electron chi connectivity index (χ0n) is 24.1. The molecule has 4 aromatic heterocycles. The van der Waals surface area contributed by atoms with Gasteiger partial charge in [-0.2, -0.15) is 0 Å². The minimum Gasteiger partial charge on any atom is -0.465 e. The maximum absolute atomic E-state index is 13.2. The summed E-state index contributed by atoms with van der Waals surface area (Å²) in [7, 11) is 1.17. The van der Waals surface area contributed by atoms with Crippen molar-refractivity contribution in [2.45, 2.75) is 13.3 Å². The van der Waals surface area contributed by atoms with Crippen molar-refractivity contribution in [1.29, 1.82) is 0 Å². The molecule has 2 aromatic carbocycles. The van der Waals surface area contributed by atoms with Gasteiger partial charge in [0.1, 0.15) is 0 Å². The number of hydrogen-bond acceptors (Lipinski definition) is 7. The number of methoxy groups -OCH3 is 1. The van der Waals surface area contributed by atoms with Crippen LogP contribution in [0, 0.1) is 30.2 Å². The number of ether oxygens (including phenoxy) is 1. The summed E-state index contributed by atoms with van der Waals surface area (Å²) >= 11 is 6.67. The smallest absolute Gasteiger partial charge is 0.337 e. The van der Waals surface area contributed by atoms with Crippen LogP contribution in [0.5, 0.6) is 0 Å². The lowest BCUT2D eigenvalue weighted by Gasteiger charge is -2.04. The van der Waals surface area contributed by atoms with Crippen LogP contribution in [0.25, 0.3) is 22.1 Å². The predicted molar refractivity (Wildman–Crippen MR) is 171 cm³/mol. The SMILES string of the molecule is COC(=O)c1ccc(F)c(F)c1.Cc1ccc2ncc(Br)cc2n1.O=C(Cc1ccc2ncc(Br)cc2n1)c1ccc(F)c(F)c1. The van der Waals surface area contributed by atoms with Gasteiger partial charge in [-0.25, -0.2) is 22.4 Å². The van der Waals surface area contributed by atoms with E-state index in [9.17, 15) is 27.2 Å². The van der Waals surface area contributed by atoms with E-state index < -0.39 is 29.2 Å². The highest BCUT2D eigenvalue weighted by Crippen LogP contribution is 2.18. The fourth-order valence-corrected chi connectivity index (χ4v) is 4.52. The van der Waals surface area contributed by atoms with E-state index in [4.69, 9.17) is 0 Å². The lowest BCUT2D eigenvalue weighted by atomic mass is 10.1. The van der Waals surface area contributed by atoms with Gasteiger partial charge in [0.05, 0.1) is 41.2 Å². The summed E-state index contributed by atoms with van der Waals surface area (Å²) in [5.74, 6) is -5.06. The van der Waals surface area contributed by atoms with Crippen LogP contribution >= 0.6 is 31.9 Å². The molecule has 13 heteroatoms. The van der Waals surface area contributed by atoms with Crippen molar-refractivity contribution in [3.05, 3.63) is 140 Å². The number of carbonyl (C=O) groups is 2. The van der Waals surface area contributed by atoms with Gasteiger partial charge in [-0.1, -0.05) is 0 Å². The summed E-state index contributed by atoms with van der Waals surface area (Å²) < 4.78 is 57.0. The van der Waals surface area contributed by atoms with Gasteiger partial charge < -0.3 is 4.74 Å². The first-order valence-corrected chi connectivity index (χ1v) is 14.8. The first-order valence-electron chi connectivity index (χ1n) is 13.2. The number of nitrogens with zero attached hydrogens (tertiary/aromatic N) is 4. The molecule has 0 atom stereocenters. The van der Waals surface area contributed by atoms with Crippen LogP contribution in [0.1, 0.15) is 32.1 Å². The largest absolute Gasteiger partial charge is 0.465 e. The summed E-state index contributed by atoms with van der Waals surface area (Å²) in [4.78, 5) is 40.0. The second-order valence-corrected chi connectivity index (χ2v) is 11.3. The Morgan fingerprint density at radius 2 is 1.17 bits per heavy atom. The van der Waals surface area contributed by atoms with E-state index in [-0.39, 0.29) is 23.3 Å². The van der Waals surface area contributed by atoms with Crippen molar-refractivity contribution in [2.75, 3.05) is 7.11 Å². The third-order valence-corrected chi connectivity index (χ3v) is 7.00. The van der Waals surface area contributed by atoms with Crippen LogP contribution in [0.4, 0.5) is 17.6 Å². The third kappa shape index (κ3) is 9.21. The Balaban J connectivity index is 0.000000170. The summed E-state index contributed by atoms with van der Waals surface area (Å²) in [5, 5.41) is 0. The Morgan fingerprint density at radius 1 is 0.652 bits per heavy atom. The number of Topliss-reactive ketones (excluding diaryl/α,β-unsaturated/α-hetero) is 1. The molecule has 0 spiro atoms. The Kier molecular flexibility index (Phi) is 11.6. The molecule has 7 nitrogen and oxygen atoms in total. The maximum Gasteiger partial charge on any atom is 0.337 e. The molecule has 0 saturated carbocycles. The average molecular weight is 758 g/mol. The van der Waals surface area contributed by atoms with E-state index in [1.165, 1.54) is 13.2 Å². The molecule has 0 unspecified atom stereocenters. The zero-order chi connectivity index (χ0) is 33.4. The van der Waals surface area contributed by atoms with E-state index in [0.29, 0.717) is 16.7 Å². The number of fused-ring (bicyclic) bond motifs is 2. The molecule has 0 amide bonds. The van der Waals surface area contributed by atoms with E-state index in [0.717, 1.165) is 56.0 Å². The highest BCUT2D eigenvalue weighted by molar-refractivity contribution is 9.10. The van der Waals surface area contributed by atoms with Crippen molar-refractivity contribution in [3.63, 3.8) is 0 Å². The number of aryl methyl sites for hydroxylation is 1. The molecule has 0 fully saturated rings. The van der Waals surface area contributed by atoms with Crippen LogP contribution < -0.4 is 0 Å². The molecule has 0 aliphatic rings. The summed E-state index contributed by atoms with van der Waals surface area (Å²) in [5.41, 5.74) is 4.92. The van der Waals surface area contributed by atoms with E-state index in [1.807, 2.05) is 25.1 Å². The lowest BCUT2D eigenvalue weighted by molar-refractivity contribution is 0.0600. The van der Waals surface area contributed by atoms with Crippen LogP contribution in [0.15, 0.2) is 94.1 Å². The van der Waals surface area contributed by atoms with Crippen molar-refractivity contribution in [1.82, 2.24) is 19.9 Å². The predicted octanol–water partition coefficient (Wildman–Crippen LogP) is 8.55. The maximum atomic E-state index is 13.2. The first kappa shape index (κ1) is 34.3. The number of halogens is 6. The Labute approximate surface area is 277 Å². The molecule has 6 aromatic rings. The quantitative estimate of drug-likeness (QED) is 0.101. The number of ketones is 1. The van der Waals surface area contributed by atoms with Gasteiger partial charge in [0.15, 0.2) is 29.1 Å². The van der Waals surface area contributed by atoms with Gasteiger partial charge >= 0.3 is 5.97 Å². The van der Waals surface area contributed by atoms with Crippen LogP contribution in [-0.2, 0) is 11.2 Å². The Bertz CT molecular complexity index is 2030. The van der Waals surface area contributed by atoms with E-state index in [1.54, 1.807) is 30.6 Å². The monoisotopic (exact) mass is 756 g/mol. The van der Waals surface area contributed by atoms with Crippen LogP contribution in [0.2, 0.25) is 0 Å². The second kappa shape index (κ2) is 15.6. The molecular formula is C33H22Br2F4N4O3. The highest BCUT2D eigenvalue weighted by atomic mass is 79.9. The Hall–Kier alpha value is -4.62. The molecule has 0 aliphatic carbocycles. The van der Waals surface area contributed by atoms with Crippen molar-refractivity contribution >= 4 is 65.7 Å². The van der Waals surface area contributed by atoms with Gasteiger partial charge in [0.25, 0.3) is 0 Å². The van der Waals surface area contributed by atoms with Crippen LogP contribution in [0.3, 0.4) is 0 Å². The molecular weight excluding hydrogens is 736 g/mol. The summed E-state index contributed by atoms with van der Waals surface area (Å²) in [6.07, 6.45) is 3.45. The number of carbonyl (C=O) groups excluding carboxylic acids is 2. The number of aromatic nitrogens is 4. The lowest BCUT2D eigenvalue weighted by Crippen LogP contribution is -2.06. The van der Waals surface area contributed by atoms with E-state index >= 15 is 0 Å². The van der Waals surface area contributed by atoms with E-state index in [2.05, 4.69) is 56.5 Å². The number of benzene rings is 2. The standard InChI is InChI=1S/C16H9BrF2N2O.C9H7BrN2.C8H6F2O2/c17-10-6-15-14(20-8-10)4-2-11(21-15)7-16(22)9-1-3-12(18)13(19)5-9;1-6-2-3-8-9(12-6)4-7(10)5-11-8;1-12-8(11)5-2-3-6(9)7(10)4-5/h1-6,8H,7H2;2-5H,1H3;2-4H,1H3. The molecule has 4 heterocycles. The minimum absolute atomic E-state index is 0.00333. The second-order valence-electron chi connectivity index (χ2n) is 9.49. The number of esters is 1. The molecule has 234 valence electrons. The molecule has 0 N–H and O–H groups in total. The Morgan fingerprint density at radius 3 is 1.74 bits per heavy atom. The van der Waals surface area contributed by atoms with Gasteiger partial charge in [0, 0.05) is 38.3 Å². The molecule has 0 saturated heterocycles. The van der Waals surface area contributed by atoms with Gasteiger partial charge in [-0.15, -0.1) is 0 Å². The zero-order valence-corrected chi connectivity index (χ0v) is 27.2. The average Bonchev–Trinajstić information content (AvgIpc) is 3.03. The van der Waals surface area contributed by atoms with Crippen LogP contribution in [-0.4, -0.2) is 38.8 Å². The van der Waals surface area contributed by atoms with Gasteiger partial charge in [-0.3, -0.25) is 24.7 Å². The van der Waals surface area contributed by atoms with Gasteiger partial charge in [-0.05, 0) is 112 Å². The highest BCUT2D eigenvalue weighted by Gasteiger charge is 2.12. The number of rotatable bonds is 4. The summed E-state index contributed by atoms with van der Waals surface area (Å²) in [6, 6.07) is 17.1. The fraction of sp³-hybridized carbons (Fsp3) is 0.0909. The molecule has 0 radical (unpaired) electrons. The minimum atomic E-state index is -1.06. The summed E-state index contributed by atoms with van der Waals surface area (Å²) in [6.45, 7) is 1.97. The third-order valence-electron chi connectivity index (χ3n) is 6.13. The molecule has 0 bridgehead atoms. The first-order chi connectivity index (χ1) is 21.9. The number of hydrogen-bond donors (Lipinski definition) is 0. The van der Waals surface area contributed by atoms with Crippen molar-refractivity contribution < 1.29 is 31.9 Å². The molecule has 46 heavy (non-hydrogen) atoms. The number of pyridine rings is 4. The molecule has 6 rings (SSSR count). The topological polar surface area (TPSA) is 94.9 Å². The van der Waals surface area contributed by atoms with Crippen molar-refractivity contribution in [2.24, 2.45) is 0 Å². The normalized spacial score (nSPS) is 10.4. The van der Waals surface area contributed by atoms with Crippen molar-refractivity contribution in [3.8, 4) is 0 Å². The van der Waals surface area contributed by atoms with Gasteiger partial charge in [0.2, 0.25) is 0 Å². The molecule has 0 aliphatic heterocycles. The fourth-order valence-electron chi connectivity index (χ4n) is 3.88.